The first-order valence-electron chi connectivity index (χ1n) is 15.2. The first-order chi connectivity index (χ1) is 21.9. The van der Waals surface area contributed by atoms with E-state index in [4.69, 9.17) is 4.74 Å². The molecule has 1 aromatic heterocycles. The molecule has 0 unspecified atom stereocenters. The zero-order valence-corrected chi connectivity index (χ0v) is 27.0. The molecule has 10 heteroatoms. The maximum atomic E-state index is 14.6. The molecule has 4 amide bonds. The molecule has 238 valence electrons. The lowest BCUT2D eigenvalue weighted by Gasteiger charge is -2.30. The second kappa shape index (κ2) is 13.0. The standard InChI is InChI=1S/C36H39N5O5/c1-23-15-16-25-11-7-8-12-27(25)28(23)21-40-30-13-9-10-14-31(30)41(33(43)26-17-19-37-20-18-26)22-29(34(40)44)38-32(42)24(2)39(6)35(45)46-36(3,4)5/h7-20,24,29H,21-22H2,1-6H3,(H,38,42)/t24-,29-/m0/s1. The topological polar surface area (TPSA) is 112 Å². The molecule has 1 aliphatic heterocycles. The molecule has 1 N–H and O–H groups in total. The Bertz CT molecular complexity index is 1780. The van der Waals surface area contributed by atoms with E-state index in [0.717, 1.165) is 21.9 Å². The number of nitrogens with one attached hydrogen (secondary N) is 1. The fraction of sp³-hybridized carbons (Fsp3) is 0.306. The molecule has 0 aliphatic carbocycles. The minimum atomic E-state index is -1.13. The van der Waals surface area contributed by atoms with Crippen LogP contribution >= 0.6 is 0 Å². The minimum Gasteiger partial charge on any atom is -0.444 e. The fourth-order valence-corrected chi connectivity index (χ4v) is 5.47. The zero-order chi connectivity index (χ0) is 33.2. The summed E-state index contributed by atoms with van der Waals surface area (Å²) in [7, 11) is 1.47. The maximum Gasteiger partial charge on any atom is 0.410 e. The van der Waals surface area contributed by atoms with Crippen LogP contribution in [0.5, 0.6) is 0 Å². The fourth-order valence-electron chi connectivity index (χ4n) is 5.47. The summed E-state index contributed by atoms with van der Waals surface area (Å²) in [4.78, 5) is 63.3. The second-order valence-corrected chi connectivity index (χ2v) is 12.5. The molecule has 2 atom stereocenters. The maximum absolute atomic E-state index is 14.6. The summed E-state index contributed by atoms with van der Waals surface area (Å²) in [6.07, 6.45) is 2.40. The van der Waals surface area contributed by atoms with Gasteiger partial charge in [-0.2, -0.15) is 0 Å². The van der Waals surface area contributed by atoms with Gasteiger partial charge in [-0.3, -0.25) is 24.3 Å². The minimum absolute atomic E-state index is 0.128. The van der Waals surface area contributed by atoms with E-state index >= 15 is 0 Å². The van der Waals surface area contributed by atoms with Crippen molar-refractivity contribution in [1.29, 1.82) is 0 Å². The number of amides is 4. The molecule has 3 aromatic carbocycles. The van der Waals surface area contributed by atoms with Gasteiger partial charge in [0, 0.05) is 25.0 Å². The Kier molecular flexibility index (Phi) is 9.09. The van der Waals surface area contributed by atoms with E-state index in [1.54, 1.807) is 50.8 Å². The molecule has 2 heterocycles. The first-order valence-corrected chi connectivity index (χ1v) is 15.2. The van der Waals surface area contributed by atoms with E-state index in [1.807, 2.05) is 61.5 Å². The molecule has 0 bridgehead atoms. The summed E-state index contributed by atoms with van der Waals surface area (Å²) in [6, 6.07) is 20.4. The summed E-state index contributed by atoms with van der Waals surface area (Å²) >= 11 is 0. The van der Waals surface area contributed by atoms with Crippen LogP contribution in [0.15, 0.2) is 85.2 Å². The van der Waals surface area contributed by atoms with E-state index in [1.165, 1.54) is 29.2 Å². The number of rotatable bonds is 6. The van der Waals surface area contributed by atoms with Crippen molar-refractivity contribution in [2.24, 2.45) is 0 Å². The van der Waals surface area contributed by atoms with Crippen LogP contribution in [0.1, 0.15) is 49.2 Å². The molecular formula is C36H39N5O5. The number of carbonyl (C=O) groups excluding carboxylic acids is 4. The van der Waals surface area contributed by atoms with E-state index in [-0.39, 0.29) is 24.9 Å². The first kappa shape index (κ1) is 32.2. The molecule has 0 saturated carbocycles. The molecule has 0 radical (unpaired) electrons. The number of hydrogen-bond donors (Lipinski definition) is 1. The monoisotopic (exact) mass is 621 g/mol. The van der Waals surface area contributed by atoms with E-state index in [9.17, 15) is 19.2 Å². The number of aryl methyl sites for hydroxylation is 1. The third-order valence-electron chi connectivity index (χ3n) is 8.11. The number of anilines is 2. The predicted molar refractivity (Wildman–Crippen MR) is 178 cm³/mol. The van der Waals surface area contributed by atoms with Gasteiger partial charge in [0.05, 0.1) is 24.5 Å². The molecule has 1 aliphatic rings. The van der Waals surface area contributed by atoms with Crippen LogP contribution in [0.4, 0.5) is 16.2 Å². The highest BCUT2D eigenvalue weighted by Gasteiger charge is 2.39. The largest absolute Gasteiger partial charge is 0.444 e. The smallest absolute Gasteiger partial charge is 0.410 e. The second-order valence-electron chi connectivity index (χ2n) is 12.5. The predicted octanol–water partition coefficient (Wildman–Crippen LogP) is 5.48. The Labute approximate surface area is 269 Å². The number of ether oxygens (including phenoxy) is 1. The normalized spacial score (nSPS) is 15.5. The molecule has 4 aromatic rings. The van der Waals surface area contributed by atoms with E-state index < -0.39 is 29.7 Å². The quantitative estimate of drug-likeness (QED) is 0.305. The number of nitrogens with zero attached hydrogens (tertiary/aromatic N) is 4. The molecule has 10 nitrogen and oxygen atoms in total. The Balaban J connectivity index is 1.56. The Morgan fingerprint density at radius 1 is 0.978 bits per heavy atom. The molecule has 0 spiro atoms. The van der Waals surface area contributed by atoms with E-state index in [2.05, 4.69) is 10.3 Å². The summed E-state index contributed by atoms with van der Waals surface area (Å²) < 4.78 is 5.45. The summed E-state index contributed by atoms with van der Waals surface area (Å²) in [5.74, 6) is -1.29. The van der Waals surface area contributed by atoms with Crippen molar-refractivity contribution < 1.29 is 23.9 Å². The van der Waals surface area contributed by atoms with Gasteiger partial charge >= 0.3 is 6.09 Å². The number of aromatic nitrogens is 1. The van der Waals surface area contributed by atoms with Crippen molar-refractivity contribution in [3.63, 3.8) is 0 Å². The van der Waals surface area contributed by atoms with Gasteiger partial charge in [0.15, 0.2) is 0 Å². The molecule has 5 rings (SSSR count). The van der Waals surface area contributed by atoms with Gasteiger partial charge in [-0.15, -0.1) is 0 Å². The van der Waals surface area contributed by atoms with Crippen molar-refractivity contribution in [1.82, 2.24) is 15.2 Å². The van der Waals surface area contributed by atoms with Gasteiger partial charge < -0.3 is 19.9 Å². The van der Waals surface area contributed by atoms with Gasteiger partial charge in [0.2, 0.25) is 5.91 Å². The van der Waals surface area contributed by atoms with Crippen LogP contribution in [-0.2, 0) is 20.9 Å². The molecule has 0 saturated heterocycles. The number of likely N-dealkylation sites (N-methyl/N-ethyl adjacent to an activating group) is 1. The van der Waals surface area contributed by atoms with Crippen molar-refractivity contribution >= 4 is 46.0 Å². The lowest BCUT2D eigenvalue weighted by atomic mass is 9.99. The van der Waals surface area contributed by atoms with Crippen LogP contribution < -0.4 is 15.1 Å². The van der Waals surface area contributed by atoms with Gasteiger partial charge in [-0.25, -0.2) is 4.79 Å². The number of fused-ring (bicyclic) bond motifs is 2. The lowest BCUT2D eigenvalue weighted by molar-refractivity contribution is -0.130. The summed E-state index contributed by atoms with van der Waals surface area (Å²) in [5, 5.41) is 4.91. The van der Waals surface area contributed by atoms with E-state index in [0.29, 0.717) is 16.9 Å². The Morgan fingerprint density at radius 3 is 2.33 bits per heavy atom. The summed E-state index contributed by atoms with van der Waals surface area (Å²) in [5.41, 5.74) is 2.67. The Morgan fingerprint density at radius 2 is 1.63 bits per heavy atom. The number of benzene rings is 3. The molecular weight excluding hydrogens is 582 g/mol. The highest BCUT2D eigenvalue weighted by Crippen LogP contribution is 2.36. The third kappa shape index (κ3) is 6.71. The zero-order valence-electron chi connectivity index (χ0n) is 27.0. The van der Waals surface area contributed by atoms with Gasteiger partial charge in [0.1, 0.15) is 17.7 Å². The van der Waals surface area contributed by atoms with Crippen molar-refractivity contribution in [3.8, 4) is 0 Å². The number of para-hydroxylation sites is 2. The number of hydrogen-bond acceptors (Lipinski definition) is 6. The van der Waals surface area contributed by atoms with Crippen molar-refractivity contribution in [3.05, 3.63) is 102 Å². The average Bonchev–Trinajstić information content (AvgIpc) is 3.15. The van der Waals surface area contributed by atoms with Gasteiger partial charge in [0.25, 0.3) is 11.8 Å². The average molecular weight is 622 g/mol. The van der Waals surface area contributed by atoms with Crippen LogP contribution in [0, 0.1) is 6.92 Å². The van der Waals surface area contributed by atoms with Crippen LogP contribution in [0.25, 0.3) is 10.8 Å². The third-order valence-corrected chi connectivity index (χ3v) is 8.11. The number of pyridine rings is 1. The molecule has 0 fully saturated rings. The molecule has 46 heavy (non-hydrogen) atoms. The highest BCUT2D eigenvalue weighted by atomic mass is 16.6. The summed E-state index contributed by atoms with van der Waals surface area (Å²) in [6.45, 7) is 8.87. The van der Waals surface area contributed by atoms with Crippen LogP contribution in [-0.4, -0.2) is 65.0 Å². The Hall–Kier alpha value is -5.25. The van der Waals surface area contributed by atoms with Crippen LogP contribution in [0.3, 0.4) is 0 Å². The van der Waals surface area contributed by atoms with Gasteiger partial charge in [-0.1, -0.05) is 48.5 Å². The SMILES string of the molecule is Cc1ccc2ccccc2c1CN1C(=O)[C@@H](NC(=O)[C@H](C)N(C)C(=O)OC(C)(C)C)CN(C(=O)c2ccncc2)c2ccccc21. The van der Waals surface area contributed by atoms with Crippen LogP contribution in [0.2, 0.25) is 0 Å². The highest BCUT2D eigenvalue weighted by molar-refractivity contribution is 6.13. The van der Waals surface area contributed by atoms with Gasteiger partial charge in [-0.05, 0) is 80.8 Å². The lowest BCUT2D eigenvalue weighted by Crippen LogP contribution is -2.57. The number of carbonyl (C=O) groups is 4. The van der Waals surface area contributed by atoms with Crippen molar-refractivity contribution in [2.45, 2.75) is 58.8 Å². The van der Waals surface area contributed by atoms with Crippen molar-refractivity contribution in [2.75, 3.05) is 23.4 Å².